The van der Waals surface area contributed by atoms with Gasteiger partial charge in [0.2, 0.25) is 11.5 Å². The van der Waals surface area contributed by atoms with E-state index in [0.717, 1.165) is 6.07 Å². The van der Waals surface area contributed by atoms with Crippen LogP contribution in [0.25, 0.3) is 11.3 Å². The number of hydrogen-bond donors (Lipinski definition) is 2. The van der Waals surface area contributed by atoms with Crippen LogP contribution >= 0.6 is 0 Å². The number of amides is 1. The molecule has 0 aliphatic carbocycles. The summed E-state index contributed by atoms with van der Waals surface area (Å²) in [6.45, 7) is 7.76. The minimum Gasteiger partial charge on any atom is -0.372 e. The van der Waals surface area contributed by atoms with Crippen LogP contribution in [0.1, 0.15) is 36.7 Å². The molecule has 2 aliphatic rings. The lowest BCUT2D eigenvalue weighted by Crippen LogP contribution is -2.50. The van der Waals surface area contributed by atoms with Crippen LogP contribution in [0.4, 0.5) is 39.3 Å². The van der Waals surface area contributed by atoms with Crippen molar-refractivity contribution in [3.63, 3.8) is 0 Å². The molecule has 2 N–H and O–H groups in total. The summed E-state index contributed by atoms with van der Waals surface area (Å²) in [5, 5.41) is 2.25. The maximum absolute atomic E-state index is 16.5. The molecule has 0 bridgehead atoms. The predicted octanol–water partition coefficient (Wildman–Crippen LogP) is 4.14. The zero-order chi connectivity index (χ0) is 31.9. The highest BCUT2D eigenvalue weighted by molar-refractivity contribution is 6.07. The molecule has 10 nitrogen and oxygen atoms in total. The Morgan fingerprint density at radius 2 is 1.77 bits per heavy atom. The Morgan fingerprint density at radius 1 is 1.07 bits per heavy atom. The summed E-state index contributed by atoms with van der Waals surface area (Å²) in [4.78, 5) is 41.2. The zero-order valence-electron chi connectivity index (χ0n) is 24.5. The van der Waals surface area contributed by atoms with Gasteiger partial charge >= 0.3 is 6.18 Å². The quantitative estimate of drug-likeness (QED) is 0.410. The lowest BCUT2D eigenvalue weighted by Gasteiger charge is -2.39. The highest BCUT2D eigenvalue weighted by Crippen LogP contribution is 2.39. The van der Waals surface area contributed by atoms with E-state index in [-0.39, 0.29) is 41.6 Å². The molecule has 3 aromatic rings. The second kappa shape index (κ2) is 12.1. The van der Waals surface area contributed by atoms with E-state index in [1.165, 1.54) is 12.3 Å². The van der Waals surface area contributed by atoms with Crippen LogP contribution in [0.5, 0.6) is 0 Å². The van der Waals surface area contributed by atoms with Crippen LogP contribution in [-0.2, 0) is 10.9 Å². The van der Waals surface area contributed by atoms with Crippen molar-refractivity contribution in [2.24, 2.45) is 0 Å². The summed E-state index contributed by atoms with van der Waals surface area (Å²) in [6, 6.07) is 2.58. The van der Waals surface area contributed by atoms with Crippen molar-refractivity contribution < 1.29 is 31.5 Å². The second-order valence-corrected chi connectivity index (χ2v) is 11.2. The predicted molar refractivity (Wildman–Crippen MR) is 154 cm³/mol. The van der Waals surface area contributed by atoms with E-state index >= 15 is 8.78 Å². The average Bonchev–Trinajstić information content (AvgIpc) is 2.95. The van der Waals surface area contributed by atoms with E-state index in [2.05, 4.69) is 20.3 Å². The molecule has 5 rings (SSSR count). The van der Waals surface area contributed by atoms with E-state index in [1.807, 2.05) is 37.6 Å². The van der Waals surface area contributed by atoms with Gasteiger partial charge in [-0.25, -0.2) is 18.7 Å². The standard InChI is InChI=1S/C29H32F5N7O3/c1-15-12-40(8-7-39(15)4)22-10-20(30)24(21-5-6-35-28(37-21)41-13-16(2)44-17(3)14-41)25(31)26(22)38-27(43)18-11-36-23(42)9-19(18)29(32,33)34/h5-6,9-11,15-17H,7-8,12-14H2,1-4H3,(H,36,42)(H,38,43). The van der Waals surface area contributed by atoms with Crippen LogP contribution in [0.3, 0.4) is 0 Å². The van der Waals surface area contributed by atoms with Crippen LogP contribution in [0.15, 0.2) is 35.4 Å². The molecule has 2 saturated heterocycles. The SMILES string of the molecule is CC1CN(c2nccc(-c3c(F)cc(N4CCN(C)C(C)C4)c(NC(=O)c4c[nH]c(=O)cc4C(F)(F)F)c3F)n2)CC(C)O1. The van der Waals surface area contributed by atoms with Crippen molar-refractivity contribution >= 4 is 23.2 Å². The minimum atomic E-state index is -5.05. The fraction of sp³-hybridized carbons (Fsp3) is 0.448. The summed E-state index contributed by atoms with van der Waals surface area (Å²) < 4.78 is 79.3. The first-order chi connectivity index (χ1) is 20.7. The smallest absolute Gasteiger partial charge is 0.372 e. The van der Waals surface area contributed by atoms with Crippen molar-refractivity contribution in [1.29, 1.82) is 0 Å². The summed E-state index contributed by atoms with van der Waals surface area (Å²) in [5.74, 6) is -3.32. The molecule has 1 amide bonds. The summed E-state index contributed by atoms with van der Waals surface area (Å²) >= 11 is 0. The molecule has 4 heterocycles. The number of aromatic amines is 1. The number of benzene rings is 1. The van der Waals surface area contributed by atoms with Crippen LogP contribution in [0, 0.1) is 11.6 Å². The van der Waals surface area contributed by atoms with Gasteiger partial charge in [-0.3, -0.25) is 9.59 Å². The number of hydrogen-bond acceptors (Lipinski definition) is 8. The molecule has 44 heavy (non-hydrogen) atoms. The molecule has 2 aromatic heterocycles. The van der Waals surface area contributed by atoms with Crippen molar-refractivity contribution in [3.8, 4) is 11.3 Å². The first-order valence-corrected chi connectivity index (χ1v) is 14.0. The number of carbonyl (C=O) groups excluding carboxylic acids is 1. The number of aromatic nitrogens is 3. The topological polar surface area (TPSA) is 107 Å². The van der Waals surface area contributed by atoms with Gasteiger partial charge in [-0.2, -0.15) is 13.2 Å². The molecular formula is C29H32F5N7O3. The van der Waals surface area contributed by atoms with Gasteiger partial charge in [-0.05, 0) is 33.9 Å². The maximum Gasteiger partial charge on any atom is 0.417 e. The monoisotopic (exact) mass is 621 g/mol. The number of anilines is 3. The van der Waals surface area contributed by atoms with Gasteiger partial charge in [-0.1, -0.05) is 0 Å². The Morgan fingerprint density at radius 3 is 2.43 bits per heavy atom. The Hall–Kier alpha value is -4.11. The molecule has 3 atom stereocenters. The summed E-state index contributed by atoms with van der Waals surface area (Å²) in [6.07, 6.45) is -3.36. The Kier molecular flexibility index (Phi) is 8.62. The van der Waals surface area contributed by atoms with Crippen molar-refractivity contribution in [3.05, 3.63) is 63.7 Å². The lowest BCUT2D eigenvalue weighted by molar-refractivity contribution is -0.138. The molecule has 2 fully saturated rings. The third-order valence-corrected chi connectivity index (χ3v) is 7.81. The molecule has 2 aliphatic heterocycles. The molecular weight excluding hydrogens is 589 g/mol. The fourth-order valence-corrected chi connectivity index (χ4v) is 5.53. The number of ether oxygens (including phenoxy) is 1. The molecule has 0 spiro atoms. The zero-order valence-corrected chi connectivity index (χ0v) is 24.5. The van der Waals surface area contributed by atoms with Gasteiger partial charge in [0.15, 0.2) is 5.82 Å². The van der Waals surface area contributed by atoms with Gasteiger partial charge in [0, 0.05) is 63.3 Å². The largest absolute Gasteiger partial charge is 0.417 e. The molecule has 0 radical (unpaired) electrons. The summed E-state index contributed by atoms with van der Waals surface area (Å²) in [5.41, 5.74) is -4.76. The van der Waals surface area contributed by atoms with Crippen LogP contribution in [0.2, 0.25) is 0 Å². The van der Waals surface area contributed by atoms with Crippen LogP contribution in [-0.4, -0.2) is 83.8 Å². The van der Waals surface area contributed by atoms with Crippen molar-refractivity contribution in [2.75, 3.05) is 54.9 Å². The normalized spacial score (nSPS) is 21.4. The van der Waals surface area contributed by atoms with E-state index in [9.17, 15) is 22.8 Å². The second-order valence-electron chi connectivity index (χ2n) is 11.2. The number of nitrogens with zero attached hydrogens (tertiary/aromatic N) is 5. The molecule has 0 saturated carbocycles. The van der Waals surface area contributed by atoms with Gasteiger partial charge in [-0.15, -0.1) is 0 Å². The number of alkyl halides is 3. The number of halogens is 5. The van der Waals surface area contributed by atoms with Crippen molar-refractivity contribution in [1.82, 2.24) is 19.9 Å². The van der Waals surface area contributed by atoms with Gasteiger partial charge < -0.3 is 29.7 Å². The van der Waals surface area contributed by atoms with Gasteiger partial charge in [0.05, 0.1) is 40.3 Å². The lowest BCUT2D eigenvalue weighted by atomic mass is 10.0. The maximum atomic E-state index is 16.5. The van der Waals surface area contributed by atoms with Gasteiger partial charge in [0.1, 0.15) is 11.5 Å². The highest BCUT2D eigenvalue weighted by atomic mass is 19.4. The third kappa shape index (κ3) is 6.38. The molecule has 15 heteroatoms. The number of carbonyl (C=O) groups is 1. The van der Waals surface area contributed by atoms with E-state index in [4.69, 9.17) is 4.74 Å². The number of likely N-dealkylation sites (N-methyl/N-ethyl adjacent to an activating group) is 1. The van der Waals surface area contributed by atoms with Crippen LogP contribution < -0.4 is 20.7 Å². The molecule has 3 unspecified atom stereocenters. The fourth-order valence-electron chi connectivity index (χ4n) is 5.53. The Balaban J connectivity index is 1.61. The first kappa shape index (κ1) is 31.3. The Labute approximate surface area is 249 Å². The van der Waals surface area contributed by atoms with E-state index in [0.29, 0.717) is 38.9 Å². The number of rotatable bonds is 5. The minimum absolute atomic E-state index is 0.0307. The van der Waals surface area contributed by atoms with E-state index < -0.39 is 51.7 Å². The number of morpholine rings is 1. The average molecular weight is 622 g/mol. The number of nitrogens with one attached hydrogen (secondary N) is 2. The number of piperazine rings is 1. The Bertz CT molecular complexity index is 1610. The number of H-pyrrole nitrogens is 1. The first-order valence-electron chi connectivity index (χ1n) is 14.0. The summed E-state index contributed by atoms with van der Waals surface area (Å²) in [7, 11) is 1.90. The highest BCUT2D eigenvalue weighted by Gasteiger charge is 2.37. The van der Waals surface area contributed by atoms with E-state index in [1.54, 1.807) is 4.90 Å². The molecule has 1 aromatic carbocycles. The van der Waals surface area contributed by atoms with Gasteiger partial charge in [0.25, 0.3) is 5.91 Å². The van der Waals surface area contributed by atoms with Crippen molar-refractivity contribution in [2.45, 2.75) is 45.2 Å². The number of pyridine rings is 1. The molecule has 236 valence electrons. The third-order valence-electron chi connectivity index (χ3n) is 7.81.